The van der Waals surface area contributed by atoms with Crippen LogP contribution in [0, 0.1) is 0 Å². The minimum absolute atomic E-state index is 0.0494. The van der Waals surface area contributed by atoms with Crippen LogP contribution in [0.3, 0.4) is 0 Å². The van der Waals surface area contributed by atoms with Crippen LogP contribution in [0.15, 0.2) is 37.2 Å². The summed E-state index contributed by atoms with van der Waals surface area (Å²) in [5.41, 5.74) is 1.06. The zero-order valence-corrected chi connectivity index (χ0v) is 9.28. The Kier molecular flexibility index (Phi) is 5.88. The van der Waals surface area contributed by atoms with Crippen LogP contribution in [0.25, 0.3) is 0 Å². The van der Waals surface area contributed by atoms with Crippen LogP contribution in [-0.2, 0) is 11.3 Å². The molecule has 1 heterocycles. The minimum atomic E-state index is 0.0494. The normalized spacial score (nSPS) is 9.75. The summed E-state index contributed by atoms with van der Waals surface area (Å²) in [4.78, 5) is 15.3. The number of pyridine rings is 1. The molecule has 0 unspecified atom stereocenters. The smallest absolute Gasteiger partial charge is 0.221 e. The Labute approximate surface area is 95.8 Å². The van der Waals surface area contributed by atoms with Crippen LogP contribution in [-0.4, -0.2) is 24.0 Å². The van der Waals surface area contributed by atoms with E-state index in [0.717, 1.165) is 12.1 Å². The molecular weight excluding hydrogens is 202 g/mol. The van der Waals surface area contributed by atoms with Gasteiger partial charge < -0.3 is 10.6 Å². The first-order valence-corrected chi connectivity index (χ1v) is 5.30. The third-order valence-electron chi connectivity index (χ3n) is 2.06. The molecule has 4 nitrogen and oxygen atoms in total. The molecule has 4 heteroatoms. The molecule has 86 valence electrons. The van der Waals surface area contributed by atoms with Crippen LogP contribution in [0.1, 0.15) is 12.0 Å². The molecule has 1 aromatic rings. The molecule has 0 fully saturated rings. The van der Waals surface area contributed by atoms with Gasteiger partial charge in [-0.1, -0.05) is 6.08 Å². The molecule has 0 bridgehead atoms. The standard InChI is InChI=1S/C12H17N3O/c1-2-6-13-9-5-12(16)15-10-11-3-7-14-8-4-11/h2-4,7-8,13H,1,5-6,9-10H2,(H,15,16). The van der Waals surface area contributed by atoms with Gasteiger partial charge in [0.25, 0.3) is 0 Å². The second-order valence-electron chi connectivity index (χ2n) is 3.37. The zero-order chi connectivity index (χ0) is 11.6. The second kappa shape index (κ2) is 7.59. The van der Waals surface area contributed by atoms with Crippen LogP contribution in [0.2, 0.25) is 0 Å². The van der Waals surface area contributed by atoms with E-state index >= 15 is 0 Å². The molecule has 1 aromatic heterocycles. The Balaban J connectivity index is 2.13. The maximum absolute atomic E-state index is 11.4. The van der Waals surface area contributed by atoms with Crippen molar-refractivity contribution in [2.24, 2.45) is 0 Å². The fourth-order valence-corrected chi connectivity index (χ4v) is 1.20. The molecule has 16 heavy (non-hydrogen) atoms. The Morgan fingerprint density at radius 2 is 2.19 bits per heavy atom. The number of carbonyl (C=O) groups is 1. The van der Waals surface area contributed by atoms with Gasteiger partial charge in [0.1, 0.15) is 0 Å². The van der Waals surface area contributed by atoms with E-state index < -0.39 is 0 Å². The Hall–Kier alpha value is -1.68. The largest absolute Gasteiger partial charge is 0.352 e. The van der Waals surface area contributed by atoms with Gasteiger partial charge in [0.2, 0.25) is 5.91 Å². The topological polar surface area (TPSA) is 54.0 Å². The van der Waals surface area contributed by atoms with E-state index in [2.05, 4.69) is 22.2 Å². The molecule has 0 saturated heterocycles. The lowest BCUT2D eigenvalue weighted by Crippen LogP contribution is -2.27. The molecule has 2 N–H and O–H groups in total. The predicted molar refractivity (Wildman–Crippen MR) is 63.8 cm³/mol. The number of nitrogens with one attached hydrogen (secondary N) is 2. The Morgan fingerprint density at radius 3 is 2.88 bits per heavy atom. The van der Waals surface area contributed by atoms with E-state index in [1.54, 1.807) is 18.5 Å². The van der Waals surface area contributed by atoms with Crippen LogP contribution >= 0.6 is 0 Å². The highest BCUT2D eigenvalue weighted by Crippen LogP contribution is 1.94. The number of amides is 1. The first-order chi connectivity index (χ1) is 7.83. The number of rotatable bonds is 7. The van der Waals surface area contributed by atoms with Gasteiger partial charge in [0.15, 0.2) is 0 Å². The van der Waals surface area contributed by atoms with Crippen molar-refractivity contribution in [2.45, 2.75) is 13.0 Å². The average Bonchev–Trinajstić information content (AvgIpc) is 2.33. The molecule has 0 spiro atoms. The van der Waals surface area contributed by atoms with Gasteiger partial charge in [-0.25, -0.2) is 0 Å². The molecule has 0 aliphatic carbocycles. The van der Waals surface area contributed by atoms with Crippen molar-refractivity contribution in [2.75, 3.05) is 13.1 Å². The van der Waals surface area contributed by atoms with E-state index in [1.165, 1.54) is 0 Å². The minimum Gasteiger partial charge on any atom is -0.352 e. The first-order valence-electron chi connectivity index (χ1n) is 5.30. The first kappa shape index (κ1) is 12.4. The van der Waals surface area contributed by atoms with Gasteiger partial charge in [-0.05, 0) is 17.7 Å². The van der Waals surface area contributed by atoms with Crippen molar-refractivity contribution >= 4 is 5.91 Å². The quantitative estimate of drug-likeness (QED) is 0.528. The van der Waals surface area contributed by atoms with Gasteiger partial charge in [-0.3, -0.25) is 9.78 Å². The lowest BCUT2D eigenvalue weighted by atomic mass is 10.2. The molecule has 0 aromatic carbocycles. The molecule has 0 radical (unpaired) electrons. The summed E-state index contributed by atoms with van der Waals surface area (Å²) in [6.45, 7) is 5.55. The molecular formula is C12H17N3O. The highest BCUT2D eigenvalue weighted by Gasteiger charge is 1.99. The van der Waals surface area contributed by atoms with E-state index in [1.807, 2.05) is 12.1 Å². The van der Waals surface area contributed by atoms with Gasteiger partial charge in [0.05, 0.1) is 0 Å². The van der Waals surface area contributed by atoms with Gasteiger partial charge in [-0.2, -0.15) is 0 Å². The Morgan fingerprint density at radius 1 is 1.44 bits per heavy atom. The molecule has 0 aliphatic heterocycles. The Bertz CT molecular complexity index is 324. The van der Waals surface area contributed by atoms with Crippen molar-refractivity contribution in [3.8, 4) is 0 Å². The molecule has 0 saturated carbocycles. The zero-order valence-electron chi connectivity index (χ0n) is 9.28. The summed E-state index contributed by atoms with van der Waals surface area (Å²) in [5, 5.41) is 5.92. The van der Waals surface area contributed by atoms with E-state index in [-0.39, 0.29) is 5.91 Å². The maximum Gasteiger partial charge on any atom is 0.221 e. The van der Waals surface area contributed by atoms with Crippen molar-refractivity contribution in [1.82, 2.24) is 15.6 Å². The van der Waals surface area contributed by atoms with Gasteiger partial charge >= 0.3 is 0 Å². The number of hydrogen-bond donors (Lipinski definition) is 2. The van der Waals surface area contributed by atoms with Crippen molar-refractivity contribution in [3.05, 3.63) is 42.7 Å². The summed E-state index contributed by atoms with van der Waals surface area (Å²) in [7, 11) is 0. The van der Waals surface area contributed by atoms with Gasteiger partial charge in [-0.15, -0.1) is 6.58 Å². The van der Waals surface area contributed by atoms with E-state index in [0.29, 0.717) is 19.5 Å². The summed E-state index contributed by atoms with van der Waals surface area (Å²) in [6.07, 6.45) is 5.69. The van der Waals surface area contributed by atoms with Crippen LogP contribution in [0.5, 0.6) is 0 Å². The van der Waals surface area contributed by atoms with E-state index in [4.69, 9.17) is 0 Å². The average molecular weight is 219 g/mol. The summed E-state index contributed by atoms with van der Waals surface area (Å²) < 4.78 is 0. The monoisotopic (exact) mass is 219 g/mol. The molecule has 1 amide bonds. The number of nitrogens with zero attached hydrogens (tertiary/aromatic N) is 1. The van der Waals surface area contributed by atoms with E-state index in [9.17, 15) is 4.79 Å². The third-order valence-corrected chi connectivity index (χ3v) is 2.06. The van der Waals surface area contributed by atoms with Crippen LogP contribution < -0.4 is 10.6 Å². The maximum atomic E-state index is 11.4. The van der Waals surface area contributed by atoms with Crippen molar-refractivity contribution in [1.29, 1.82) is 0 Å². The fourth-order valence-electron chi connectivity index (χ4n) is 1.20. The predicted octanol–water partition coefficient (Wildman–Crippen LogP) is 0.863. The summed E-state index contributed by atoms with van der Waals surface area (Å²) in [5.74, 6) is 0.0494. The summed E-state index contributed by atoms with van der Waals surface area (Å²) in [6, 6.07) is 3.77. The lowest BCUT2D eigenvalue weighted by Gasteiger charge is -2.05. The van der Waals surface area contributed by atoms with Gasteiger partial charge in [0, 0.05) is 38.4 Å². The van der Waals surface area contributed by atoms with Crippen molar-refractivity contribution in [3.63, 3.8) is 0 Å². The highest BCUT2D eigenvalue weighted by molar-refractivity contribution is 5.76. The molecule has 0 aliphatic rings. The number of hydrogen-bond acceptors (Lipinski definition) is 3. The van der Waals surface area contributed by atoms with Crippen LogP contribution in [0.4, 0.5) is 0 Å². The molecule has 0 atom stereocenters. The molecule has 1 rings (SSSR count). The lowest BCUT2D eigenvalue weighted by molar-refractivity contribution is -0.121. The fraction of sp³-hybridized carbons (Fsp3) is 0.333. The second-order valence-corrected chi connectivity index (χ2v) is 3.37. The summed E-state index contributed by atoms with van der Waals surface area (Å²) >= 11 is 0. The number of aromatic nitrogens is 1. The SMILES string of the molecule is C=CCNCCC(=O)NCc1ccncc1. The van der Waals surface area contributed by atoms with Crippen molar-refractivity contribution < 1.29 is 4.79 Å². The highest BCUT2D eigenvalue weighted by atomic mass is 16.1. The third kappa shape index (κ3) is 5.26. The number of carbonyl (C=O) groups excluding carboxylic acids is 1.